The Hall–Kier alpha value is -2.27. The third kappa shape index (κ3) is 3.46. The van der Waals surface area contributed by atoms with Gasteiger partial charge in [0, 0.05) is 43.5 Å². The Bertz CT molecular complexity index is 726. The molecule has 0 radical (unpaired) electrons. The van der Waals surface area contributed by atoms with Gasteiger partial charge in [-0.1, -0.05) is 24.3 Å². The molecule has 0 saturated carbocycles. The van der Waals surface area contributed by atoms with Crippen LogP contribution in [0.5, 0.6) is 0 Å². The van der Waals surface area contributed by atoms with Crippen LogP contribution in [-0.4, -0.2) is 46.9 Å². The average Bonchev–Trinajstić information content (AvgIpc) is 2.61. The van der Waals surface area contributed by atoms with Crippen molar-refractivity contribution in [1.82, 2.24) is 14.8 Å². The Morgan fingerprint density at radius 3 is 2.46 bits per heavy atom. The maximum Gasteiger partial charge on any atom is 0.272 e. The maximum atomic E-state index is 14.0. The molecule has 5 heteroatoms. The molecule has 4 nitrogen and oxygen atoms in total. The van der Waals surface area contributed by atoms with Crippen molar-refractivity contribution in [2.45, 2.75) is 19.9 Å². The molecule has 2 heterocycles. The Morgan fingerprint density at radius 1 is 1.08 bits per heavy atom. The van der Waals surface area contributed by atoms with E-state index in [4.69, 9.17) is 0 Å². The van der Waals surface area contributed by atoms with Crippen molar-refractivity contribution in [3.05, 3.63) is 65.2 Å². The van der Waals surface area contributed by atoms with Gasteiger partial charge in [0.25, 0.3) is 5.91 Å². The summed E-state index contributed by atoms with van der Waals surface area (Å²) in [6.07, 6.45) is 0. The van der Waals surface area contributed by atoms with Crippen LogP contribution in [0.4, 0.5) is 4.39 Å². The fraction of sp³-hybridized carbons (Fsp3) is 0.368. The van der Waals surface area contributed by atoms with Crippen molar-refractivity contribution in [2.75, 3.05) is 26.2 Å². The van der Waals surface area contributed by atoms with Crippen molar-refractivity contribution in [3.8, 4) is 0 Å². The van der Waals surface area contributed by atoms with Gasteiger partial charge in [0.1, 0.15) is 11.5 Å². The zero-order valence-electron chi connectivity index (χ0n) is 14.1. The van der Waals surface area contributed by atoms with Crippen molar-refractivity contribution in [3.63, 3.8) is 0 Å². The lowest BCUT2D eigenvalue weighted by atomic mass is 10.1. The summed E-state index contributed by atoms with van der Waals surface area (Å²) in [5.74, 6) is -0.204. The summed E-state index contributed by atoms with van der Waals surface area (Å²) in [6, 6.07) is 12.4. The molecular formula is C19H22FN3O. The highest BCUT2D eigenvalue weighted by Gasteiger charge is 2.26. The van der Waals surface area contributed by atoms with Crippen LogP contribution in [0, 0.1) is 12.7 Å². The molecule has 126 valence electrons. The first-order chi connectivity index (χ1) is 11.6. The summed E-state index contributed by atoms with van der Waals surface area (Å²) < 4.78 is 14.0. The van der Waals surface area contributed by atoms with Gasteiger partial charge >= 0.3 is 0 Å². The highest BCUT2D eigenvalue weighted by molar-refractivity contribution is 5.92. The van der Waals surface area contributed by atoms with Crippen molar-refractivity contribution < 1.29 is 9.18 Å². The summed E-state index contributed by atoms with van der Waals surface area (Å²) >= 11 is 0. The summed E-state index contributed by atoms with van der Waals surface area (Å²) in [7, 11) is 0. The third-order valence-electron chi connectivity index (χ3n) is 4.61. The first kappa shape index (κ1) is 16.6. The van der Waals surface area contributed by atoms with Gasteiger partial charge in [0.05, 0.1) is 0 Å². The average molecular weight is 327 g/mol. The number of pyridine rings is 1. The van der Waals surface area contributed by atoms with Crippen LogP contribution in [0.15, 0.2) is 42.5 Å². The maximum absolute atomic E-state index is 14.0. The molecule has 1 amide bonds. The lowest BCUT2D eigenvalue weighted by Crippen LogP contribution is -2.49. The Morgan fingerprint density at radius 2 is 1.79 bits per heavy atom. The second-order valence-corrected chi connectivity index (χ2v) is 6.19. The normalized spacial score (nSPS) is 16.9. The molecule has 2 aromatic rings. The van der Waals surface area contributed by atoms with E-state index >= 15 is 0 Å². The smallest absolute Gasteiger partial charge is 0.272 e. The quantitative estimate of drug-likeness (QED) is 0.869. The molecule has 1 fully saturated rings. The van der Waals surface area contributed by atoms with E-state index in [1.165, 1.54) is 6.07 Å². The lowest BCUT2D eigenvalue weighted by molar-refractivity contribution is 0.0573. The number of aromatic nitrogens is 1. The monoisotopic (exact) mass is 327 g/mol. The van der Waals surface area contributed by atoms with E-state index in [0.29, 0.717) is 24.3 Å². The van der Waals surface area contributed by atoms with E-state index in [9.17, 15) is 9.18 Å². The number of amides is 1. The molecule has 3 rings (SSSR count). The van der Waals surface area contributed by atoms with Gasteiger partial charge in [-0.15, -0.1) is 0 Å². The number of carbonyl (C=O) groups excluding carboxylic acids is 1. The molecule has 1 saturated heterocycles. The Balaban J connectivity index is 1.63. The van der Waals surface area contributed by atoms with Crippen molar-refractivity contribution >= 4 is 5.91 Å². The minimum absolute atomic E-state index is 0.000506. The molecule has 24 heavy (non-hydrogen) atoms. The van der Waals surface area contributed by atoms with E-state index in [1.54, 1.807) is 12.1 Å². The standard InChI is InChI=1S/C19H22FN3O/c1-14-6-5-9-18(21-14)19(24)23-12-10-22(11-13-23)15(2)16-7-3-4-8-17(16)20/h3-9,15H,10-13H2,1-2H3/t15-/m0/s1. The van der Waals surface area contributed by atoms with Gasteiger partial charge in [0.15, 0.2) is 0 Å². The van der Waals surface area contributed by atoms with E-state index in [-0.39, 0.29) is 17.8 Å². The second-order valence-electron chi connectivity index (χ2n) is 6.19. The summed E-state index contributed by atoms with van der Waals surface area (Å²) in [6.45, 7) is 6.61. The predicted molar refractivity (Wildman–Crippen MR) is 91.3 cm³/mol. The van der Waals surface area contributed by atoms with Crippen LogP contribution in [0.2, 0.25) is 0 Å². The van der Waals surface area contributed by atoms with E-state index in [0.717, 1.165) is 18.8 Å². The zero-order valence-corrected chi connectivity index (χ0v) is 14.1. The summed E-state index contributed by atoms with van der Waals surface area (Å²) in [4.78, 5) is 20.9. The van der Waals surface area contributed by atoms with Gasteiger partial charge in [-0.3, -0.25) is 9.69 Å². The molecule has 1 atom stereocenters. The van der Waals surface area contributed by atoms with Crippen LogP contribution in [0.3, 0.4) is 0 Å². The van der Waals surface area contributed by atoms with Crippen LogP contribution >= 0.6 is 0 Å². The van der Waals surface area contributed by atoms with Gasteiger partial charge in [0.2, 0.25) is 0 Å². The van der Waals surface area contributed by atoms with E-state index in [1.807, 2.05) is 43.0 Å². The largest absolute Gasteiger partial charge is 0.335 e. The van der Waals surface area contributed by atoms with Crippen molar-refractivity contribution in [2.24, 2.45) is 0 Å². The number of hydrogen-bond donors (Lipinski definition) is 0. The van der Waals surface area contributed by atoms with Crippen molar-refractivity contribution in [1.29, 1.82) is 0 Å². The molecule has 0 N–H and O–H groups in total. The minimum Gasteiger partial charge on any atom is -0.335 e. The number of halogens is 1. The molecule has 1 aromatic heterocycles. The molecule has 1 aliphatic rings. The summed E-state index contributed by atoms with van der Waals surface area (Å²) in [5.41, 5.74) is 2.04. The number of carbonyl (C=O) groups is 1. The third-order valence-corrected chi connectivity index (χ3v) is 4.61. The second kappa shape index (κ2) is 7.09. The molecule has 0 bridgehead atoms. The number of aryl methyl sites for hydroxylation is 1. The highest BCUT2D eigenvalue weighted by atomic mass is 19.1. The molecule has 0 spiro atoms. The number of rotatable bonds is 3. The molecule has 1 aromatic carbocycles. The van der Waals surface area contributed by atoms with Crippen LogP contribution in [-0.2, 0) is 0 Å². The number of piperazine rings is 1. The first-order valence-electron chi connectivity index (χ1n) is 8.27. The van der Waals surface area contributed by atoms with Gasteiger partial charge in [-0.25, -0.2) is 9.37 Å². The number of hydrogen-bond acceptors (Lipinski definition) is 3. The molecule has 0 unspecified atom stereocenters. The van der Waals surface area contributed by atoms with E-state index in [2.05, 4.69) is 9.88 Å². The van der Waals surface area contributed by atoms with Crippen LogP contribution < -0.4 is 0 Å². The number of benzene rings is 1. The fourth-order valence-electron chi connectivity index (χ4n) is 3.15. The van der Waals surface area contributed by atoms with Crippen LogP contribution in [0.25, 0.3) is 0 Å². The molecule has 0 aliphatic carbocycles. The fourth-order valence-corrected chi connectivity index (χ4v) is 3.15. The lowest BCUT2D eigenvalue weighted by Gasteiger charge is -2.38. The van der Waals surface area contributed by atoms with Crippen LogP contribution in [0.1, 0.15) is 34.7 Å². The van der Waals surface area contributed by atoms with E-state index < -0.39 is 0 Å². The summed E-state index contributed by atoms with van der Waals surface area (Å²) in [5, 5.41) is 0. The Labute approximate surface area is 141 Å². The van der Waals surface area contributed by atoms with Gasteiger partial charge in [-0.2, -0.15) is 0 Å². The molecule has 1 aliphatic heterocycles. The van der Waals surface area contributed by atoms with Gasteiger partial charge < -0.3 is 4.90 Å². The Kier molecular flexibility index (Phi) is 4.90. The minimum atomic E-state index is -0.174. The first-order valence-corrected chi connectivity index (χ1v) is 8.27. The topological polar surface area (TPSA) is 36.4 Å². The van der Waals surface area contributed by atoms with Gasteiger partial charge in [-0.05, 0) is 32.0 Å². The SMILES string of the molecule is Cc1cccc(C(=O)N2CCN([C@@H](C)c3ccccc3F)CC2)n1. The predicted octanol–water partition coefficient (Wildman–Crippen LogP) is 3.05. The zero-order chi connectivity index (χ0) is 17.1. The highest BCUT2D eigenvalue weighted by Crippen LogP contribution is 2.24. The number of nitrogens with zero attached hydrogens (tertiary/aromatic N) is 3. The molecular weight excluding hydrogens is 305 g/mol.